The zero-order valence-electron chi connectivity index (χ0n) is 8.00. The van der Waals surface area contributed by atoms with E-state index >= 15 is 0 Å². The summed E-state index contributed by atoms with van der Waals surface area (Å²) in [4.78, 5) is 4.15. The van der Waals surface area contributed by atoms with Crippen molar-refractivity contribution in [3.8, 4) is 0 Å². The molecule has 1 heterocycles. The first-order valence-electron chi connectivity index (χ1n) is 4.42. The minimum Gasteiger partial charge on any atom is -0.370 e. The highest BCUT2D eigenvalue weighted by molar-refractivity contribution is 7.80. The van der Waals surface area contributed by atoms with Crippen molar-refractivity contribution in [1.29, 1.82) is 0 Å². The lowest BCUT2D eigenvalue weighted by Crippen LogP contribution is -2.49. The number of nitrogens with one attached hydrogen (secondary N) is 2. The molecule has 0 spiro atoms. The van der Waals surface area contributed by atoms with Gasteiger partial charge in [0.25, 0.3) is 0 Å². The molecule has 7 heteroatoms. The second-order valence-corrected chi connectivity index (χ2v) is 4.35. The van der Waals surface area contributed by atoms with Gasteiger partial charge >= 0.3 is 0 Å². The maximum absolute atomic E-state index is 6.08. The van der Waals surface area contributed by atoms with E-state index in [9.17, 15) is 0 Å². The number of guanidine groups is 1. The lowest BCUT2D eigenvalue weighted by atomic mass is 10.1. The van der Waals surface area contributed by atoms with Crippen molar-refractivity contribution in [2.24, 2.45) is 10.7 Å². The van der Waals surface area contributed by atoms with Gasteiger partial charge in [0.2, 0.25) is 0 Å². The summed E-state index contributed by atoms with van der Waals surface area (Å²) in [5.74, 6) is 0.254. The first-order valence-corrected chi connectivity index (χ1v) is 5.59. The number of hydrogen-bond donors (Lipinski definition) is 3. The number of halogens is 2. The molecule has 0 aliphatic carbocycles. The maximum Gasteiger partial charge on any atom is 0.197 e. The van der Waals surface area contributed by atoms with Crippen LogP contribution in [0.1, 0.15) is 11.7 Å². The number of thiocarbonyl (C=S) groups is 1. The molecule has 0 unspecified atom stereocenters. The molecular weight excluding hydrogens is 267 g/mol. The third-order valence-electron chi connectivity index (χ3n) is 2.05. The zero-order valence-corrected chi connectivity index (χ0v) is 10.3. The minimum atomic E-state index is -0.403. The van der Waals surface area contributed by atoms with Crippen molar-refractivity contribution in [2.45, 2.75) is 6.17 Å². The van der Waals surface area contributed by atoms with Crippen molar-refractivity contribution in [1.82, 2.24) is 10.6 Å². The van der Waals surface area contributed by atoms with E-state index in [2.05, 4.69) is 15.6 Å². The van der Waals surface area contributed by atoms with Crippen molar-refractivity contribution in [3.63, 3.8) is 0 Å². The molecule has 0 aromatic heterocycles. The number of rotatable bonds is 1. The second-order valence-electron chi connectivity index (χ2n) is 3.16. The summed E-state index contributed by atoms with van der Waals surface area (Å²) in [6.45, 7) is 0. The zero-order chi connectivity index (χ0) is 11.7. The van der Waals surface area contributed by atoms with Gasteiger partial charge in [-0.25, -0.2) is 4.99 Å². The van der Waals surface area contributed by atoms with E-state index in [0.717, 1.165) is 5.56 Å². The first-order chi connectivity index (χ1) is 7.58. The van der Waals surface area contributed by atoms with Crippen LogP contribution in [0.4, 0.5) is 0 Å². The van der Waals surface area contributed by atoms with Gasteiger partial charge in [0.15, 0.2) is 17.2 Å². The summed E-state index contributed by atoms with van der Waals surface area (Å²) >= 11 is 17.0. The van der Waals surface area contributed by atoms with Gasteiger partial charge in [-0.3, -0.25) is 0 Å². The minimum absolute atomic E-state index is 0.254. The van der Waals surface area contributed by atoms with Crippen molar-refractivity contribution in [3.05, 3.63) is 33.8 Å². The maximum atomic E-state index is 6.08. The Bertz CT molecular complexity index is 475. The smallest absolute Gasteiger partial charge is 0.197 e. The summed E-state index contributed by atoms with van der Waals surface area (Å²) in [6, 6.07) is 5.32. The molecule has 1 atom stereocenters. The van der Waals surface area contributed by atoms with Crippen molar-refractivity contribution >= 4 is 46.5 Å². The number of benzene rings is 1. The predicted octanol–water partition coefficient (Wildman–Crippen LogP) is 1.78. The molecule has 1 aromatic carbocycles. The third kappa shape index (κ3) is 2.21. The van der Waals surface area contributed by atoms with Crippen molar-refractivity contribution in [2.75, 3.05) is 0 Å². The highest BCUT2D eigenvalue weighted by Gasteiger charge is 2.20. The van der Waals surface area contributed by atoms with Gasteiger partial charge < -0.3 is 16.4 Å². The molecular formula is C9H8Cl2N4S. The molecule has 2 rings (SSSR count). The normalized spacial score (nSPS) is 19.8. The summed E-state index contributed by atoms with van der Waals surface area (Å²) in [5.41, 5.74) is 6.31. The van der Waals surface area contributed by atoms with Gasteiger partial charge in [-0.05, 0) is 18.3 Å². The molecule has 4 nitrogen and oxygen atoms in total. The van der Waals surface area contributed by atoms with Crippen LogP contribution in [0.25, 0.3) is 0 Å². The van der Waals surface area contributed by atoms with Crippen LogP contribution in [0.15, 0.2) is 23.2 Å². The van der Waals surface area contributed by atoms with Crippen LogP contribution in [0.5, 0.6) is 0 Å². The average Bonchev–Trinajstić information content (AvgIpc) is 2.20. The van der Waals surface area contributed by atoms with E-state index in [-0.39, 0.29) is 5.96 Å². The molecule has 1 aliphatic heterocycles. The predicted molar refractivity (Wildman–Crippen MR) is 69.7 cm³/mol. The Morgan fingerprint density at radius 1 is 1.38 bits per heavy atom. The highest BCUT2D eigenvalue weighted by Crippen LogP contribution is 2.30. The number of aliphatic imine (C=N–C) groups is 1. The molecule has 0 amide bonds. The van der Waals surface area contributed by atoms with Crippen LogP contribution < -0.4 is 16.4 Å². The molecule has 4 N–H and O–H groups in total. The second kappa shape index (κ2) is 4.45. The monoisotopic (exact) mass is 274 g/mol. The van der Waals surface area contributed by atoms with Crippen LogP contribution in [0.2, 0.25) is 10.0 Å². The third-order valence-corrected chi connectivity index (χ3v) is 3.11. The lowest BCUT2D eigenvalue weighted by molar-refractivity contribution is 0.660. The fraction of sp³-hybridized carbons (Fsp3) is 0.111. The van der Waals surface area contributed by atoms with Gasteiger partial charge in [-0.15, -0.1) is 0 Å². The van der Waals surface area contributed by atoms with Gasteiger partial charge in [-0.1, -0.05) is 35.3 Å². The molecule has 0 radical (unpaired) electrons. The lowest BCUT2D eigenvalue weighted by Gasteiger charge is -2.23. The van der Waals surface area contributed by atoms with Crippen LogP contribution in [-0.4, -0.2) is 11.1 Å². The Hall–Kier alpha value is -1.04. The molecule has 1 aliphatic rings. The van der Waals surface area contributed by atoms with E-state index in [0.29, 0.717) is 15.2 Å². The topological polar surface area (TPSA) is 62.4 Å². The summed E-state index contributed by atoms with van der Waals surface area (Å²) in [6.07, 6.45) is -0.403. The van der Waals surface area contributed by atoms with Gasteiger partial charge in [-0.2, -0.15) is 0 Å². The Morgan fingerprint density at radius 3 is 2.81 bits per heavy atom. The number of hydrogen-bond acceptors (Lipinski definition) is 3. The summed E-state index contributed by atoms with van der Waals surface area (Å²) in [5, 5.41) is 6.96. The van der Waals surface area contributed by atoms with Crippen LogP contribution in [0, 0.1) is 0 Å². The molecule has 0 saturated carbocycles. The van der Waals surface area contributed by atoms with E-state index in [4.69, 9.17) is 41.2 Å². The van der Waals surface area contributed by atoms with Gasteiger partial charge in [0.05, 0.1) is 10.0 Å². The summed E-state index contributed by atoms with van der Waals surface area (Å²) < 4.78 is 0. The molecule has 0 bridgehead atoms. The first kappa shape index (κ1) is 11.4. The highest BCUT2D eigenvalue weighted by atomic mass is 35.5. The SMILES string of the molecule is NC1=N[C@H](c2cccc(Cl)c2Cl)NC(=S)N1. The summed E-state index contributed by atoms with van der Waals surface area (Å²) in [7, 11) is 0. The Balaban J connectivity index is 2.41. The van der Waals surface area contributed by atoms with Crippen LogP contribution in [0.3, 0.4) is 0 Å². The number of nitrogens with zero attached hydrogens (tertiary/aromatic N) is 1. The quantitative estimate of drug-likeness (QED) is 0.684. The Morgan fingerprint density at radius 2 is 2.12 bits per heavy atom. The van der Waals surface area contributed by atoms with Crippen molar-refractivity contribution < 1.29 is 0 Å². The largest absolute Gasteiger partial charge is 0.370 e. The van der Waals surface area contributed by atoms with Crippen LogP contribution in [-0.2, 0) is 0 Å². The Kier molecular flexibility index (Phi) is 3.18. The molecule has 0 saturated heterocycles. The van der Waals surface area contributed by atoms with E-state index in [1.807, 2.05) is 6.07 Å². The fourth-order valence-electron chi connectivity index (χ4n) is 1.36. The fourth-order valence-corrected chi connectivity index (χ4v) is 1.99. The number of nitrogens with two attached hydrogens (primary N) is 1. The average molecular weight is 275 g/mol. The van der Waals surface area contributed by atoms with Crippen LogP contribution >= 0.6 is 35.4 Å². The molecule has 1 aromatic rings. The molecule has 84 valence electrons. The van der Waals surface area contributed by atoms with E-state index < -0.39 is 6.17 Å². The molecule has 16 heavy (non-hydrogen) atoms. The van der Waals surface area contributed by atoms with E-state index in [1.54, 1.807) is 12.1 Å². The Labute approximate surface area is 108 Å². The molecule has 0 fully saturated rings. The van der Waals surface area contributed by atoms with Gasteiger partial charge in [0, 0.05) is 5.56 Å². The van der Waals surface area contributed by atoms with E-state index in [1.165, 1.54) is 0 Å². The van der Waals surface area contributed by atoms with Gasteiger partial charge in [0.1, 0.15) is 0 Å². The standard InChI is InChI=1S/C9H8Cl2N4S/c10-5-3-1-2-4(6(5)11)7-13-8(12)15-9(16)14-7/h1-3,7H,(H4,12,13,14,15,16)/t7-/m0/s1.